The second-order valence-electron chi connectivity index (χ2n) is 14.9. The van der Waals surface area contributed by atoms with Crippen LogP contribution in [0.4, 0.5) is 10.5 Å². The van der Waals surface area contributed by atoms with E-state index < -0.39 is 71.5 Å². The van der Waals surface area contributed by atoms with Gasteiger partial charge in [0.05, 0.1) is 30.4 Å². The van der Waals surface area contributed by atoms with E-state index in [4.69, 9.17) is 19.9 Å². The van der Waals surface area contributed by atoms with Crippen molar-refractivity contribution in [3.8, 4) is 0 Å². The Balaban J connectivity index is 1.54. The van der Waals surface area contributed by atoms with Crippen LogP contribution in [0, 0.1) is 11.8 Å². The number of nitrogens with two attached hydrogens (primary N) is 1. The normalized spacial score (nSPS) is 28.8. The van der Waals surface area contributed by atoms with Gasteiger partial charge in [0.1, 0.15) is 24.2 Å². The maximum Gasteiger partial charge on any atom is 0.421 e. The zero-order valence-electron chi connectivity index (χ0n) is 31.2. The van der Waals surface area contributed by atoms with Crippen molar-refractivity contribution in [2.75, 3.05) is 31.8 Å². The lowest BCUT2D eigenvalue weighted by Crippen LogP contribution is -2.58. The number of anilines is 1. The summed E-state index contributed by atoms with van der Waals surface area (Å²) < 4.78 is 17.1. The molecule has 2 saturated heterocycles. The molecule has 4 N–H and O–H groups in total. The second-order valence-corrected chi connectivity index (χ2v) is 14.9. The predicted octanol–water partition coefficient (Wildman–Crippen LogP) is 4.67. The lowest BCUT2D eigenvalue weighted by atomic mass is 9.62. The van der Waals surface area contributed by atoms with Gasteiger partial charge in [0.2, 0.25) is 11.8 Å². The SMILES string of the molecule is CCCCC1=CC([C@@H]2N3[C@H](c4ccccc4)[C@H](c4ccccc4)OC(=O)[C@H]3[C@H](C(N)=O)[C@@]23C(=O)N(C(=O)OCCOC)c2ccc(CCO)cc23)CCC1O. The first-order chi connectivity index (χ1) is 26.7. The topological polar surface area (TPSA) is 169 Å². The fourth-order valence-electron chi connectivity index (χ4n) is 9.59. The number of primary amides is 1. The van der Waals surface area contributed by atoms with Gasteiger partial charge in [-0.25, -0.2) is 9.69 Å². The predicted molar refractivity (Wildman–Crippen MR) is 203 cm³/mol. The summed E-state index contributed by atoms with van der Waals surface area (Å²) in [6, 6.07) is 21.1. The van der Waals surface area contributed by atoms with Crippen LogP contribution in [0.3, 0.4) is 0 Å². The van der Waals surface area contributed by atoms with Crippen molar-refractivity contribution in [3.63, 3.8) is 0 Å². The van der Waals surface area contributed by atoms with Crippen molar-refractivity contribution in [2.24, 2.45) is 17.6 Å². The fourth-order valence-corrected chi connectivity index (χ4v) is 9.59. The molecule has 0 aromatic heterocycles. The molecule has 290 valence electrons. The number of cyclic esters (lactones) is 1. The van der Waals surface area contributed by atoms with Gasteiger partial charge in [-0.15, -0.1) is 0 Å². The number of carbonyl (C=O) groups excluding carboxylic acids is 4. The van der Waals surface area contributed by atoms with Crippen LogP contribution in [0.1, 0.15) is 73.4 Å². The molecule has 3 aromatic rings. The van der Waals surface area contributed by atoms with Gasteiger partial charge < -0.3 is 30.2 Å². The highest BCUT2D eigenvalue weighted by Crippen LogP contribution is 2.63. The minimum atomic E-state index is -1.89. The van der Waals surface area contributed by atoms with Crippen molar-refractivity contribution < 1.29 is 43.6 Å². The number of amides is 3. The lowest BCUT2D eigenvalue weighted by molar-refractivity contribution is -0.178. The van der Waals surface area contributed by atoms with Gasteiger partial charge >= 0.3 is 12.1 Å². The van der Waals surface area contributed by atoms with E-state index in [1.807, 2.05) is 71.6 Å². The third-order valence-corrected chi connectivity index (χ3v) is 11.8. The molecule has 2 fully saturated rings. The fraction of sp³-hybridized carbons (Fsp3) is 0.442. The Morgan fingerprint density at radius 1 is 0.945 bits per heavy atom. The van der Waals surface area contributed by atoms with Crippen LogP contribution in [-0.4, -0.2) is 84.1 Å². The first-order valence-electron chi connectivity index (χ1n) is 19.2. The zero-order chi connectivity index (χ0) is 38.9. The van der Waals surface area contributed by atoms with Gasteiger partial charge in [-0.05, 0) is 71.9 Å². The molecule has 1 spiro atoms. The summed E-state index contributed by atoms with van der Waals surface area (Å²) in [5.74, 6) is -4.32. The minimum Gasteiger partial charge on any atom is -0.454 e. The van der Waals surface area contributed by atoms with Crippen LogP contribution < -0.4 is 10.6 Å². The number of rotatable bonds is 12. The second kappa shape index (κ2) is 16.1. The van der Waals surface area contributed by atoms with Crippen molar-refractivity contribution in [1.82, 2.24) is 4.90 Å². The maximum absolute atomic E-state index is 15.7. The van der Waals surface area contributed by atoms with Crippen LogP contribution in [0.15, 0.2) is 90.5 Å². The van der Waals surface area contributed by atoms with E-state index in [1.165, 1.54) is 7.11 Å². The number of nitrogens with zero attached hydrogens (tertiary/aromatic N) is 2. The number of hydrogen-bond donors (Lipinski definition) is 3. The number of imide groups is 1. The molecule has 1 aliphatic carbocycles. The summed E-state index contributed by atoms with van der Waals surface area (Å²) >= 11 is 0. The molecule has 0 saturated carbocycles. The number of aliphatic hydroxyl groups excluding tert-OH is 2. The van der Waals surface area contributed by atoms with Crippen LogP contribution >= 0.6 is 0 Å². The highest BCUT2D eigenvalue weighted by atomic mass is 16.6. The van der Waals surface area contributed by atoms with E-state index in [-0.39, 0.29) is 31.9 Å². The largest absolute Gasteiger partial charge is 0.454 e. The Bertz CT molecular complexity index is 1940. The highest BCUT2D eigenvalue weighted by Gasteiger charge is 2.76. The number of unbranched alkanes of at least 4 members (excludes halogenated alkanes) is 1. The standard InChI is InChI=1S/C43H49N3O9/c1-3-4-11-29-25-30(17-19-33(29)48)38-43(31-24-26(20-21-47)16-18-32(31)45(41(43)51)42(52)54-23-22-53-2)34(39(44)49)36-40(50)55-37(28-14-9-6-10-15-28)35(46(36)38)27-12-7-5-8-13-27/h5-10,12-16,18,24-25,30,33-38,47-48H,3-4,11,17,19-23H2,1-2H3,(H2,44,49)/t30?,33?,34-,35-,36-,37+,38+,43-/m1/s1. The average Bonchev–Trinajstić information content (AvgIpc) is 3.65. The molecule has 3 heterocycles. The summed E-state index contributed by atoms with van der Waals surface area (Å²) in [7, 11) is 1.47. The number of ether oxygens (including phenoxy) is 3. The van der Waals surface area contributed by atoms with Crippen molar-refractivity contribution in [1.29, 1.82) is 0 Å². The molecule has 12 heteroatoms. The molecule has 0 bridgehead atoms. The summed E-state index contributed by atoms with van der Waals surface area (Å²) in [6.07, 6.45) is 2.96. The Morgan fingerprint density at radius 2 is 1.65 bits per heavy atom. The van der Waals surface area contributed by atoms with Gasteiger partial charge in [0, 0.05) is 19.8 Å². The number of benzene rings is 3. The third-order valence-electron chi connectivity index (χ3n) is 11.8. The number of morpholine rings is 1. The molecular formula is C43H49N3O9. The van der Waals surface area contributed by atoms with Gasteiger partial charge in [0.15, 0.2) is 0 Å². The van der Waals surface area contributed by atoms with Gasteiger partial charge in [0.25, 0.3) is 0 Å². The van der Waals surface area contributed by atoms with Crippen LogP contribution in [0.5, 0.6) is 0 Å². The molecule has 12 nitrogen and oxygen atoms in total. The number of methoxy groups -OCH3 is 1. The molecule has 3 aliphatic heterocycles. The minimum absolute atomic E-state index is 0.0881. The van der Waals surface area contributed by atoms with Gasteiger partial charge in [-0.2, -0.15) is 0 Å². The number of aliphatic hydroxyl groups is 2. The molecule has 0 radical (unpaired) electrons. The Labute approximate surface area is 320 Å². The Morgan fingerprint density at radius 3 is 2.31 bits per heavy atom. The molecule has 55 heavy (non-hydrogen) atoms. The molecule has 3 aromatic carbocycles. The number of hydrogen-bond acceptors (Lipinski definition) is 10. The molecular weight excluding hydrogens is 702 g/mol. The molecule has 3 amide bonds. The Hall–Kier alpha value is -4.88. The number of esters is 1. The third kappa shape index (κ3) is 6.54. The molecule has 4 aliphatic rings. The summed E-state index contributed by atoms with van der Waals surface area (Å²) in [4.78, 5) is 61.8. The maximum atomic E-state index is 15.7. The van der Waals surface area contributed by atoms with Crippen LogP contribution in [-0.2, 0) is 40.4 Å². The molecule has 7 rings (SSSR count). The van der Waals surface area contributed by atoms with E-state index in [0.29, 0.717) is 30.4 Å². The summed E-state index contributed by atoms with van der Waals surface area (Å²) in [6.45, 7) is 1.84. The van der Waals surface area contributed by atoms with Crippen LogP contribution in [0.25, 0.3) is 0 Å². The van der Waals surface area contributed by atoms with Gasteiger partial charge in [-0.3, -0.25) is 19.3 Å². The first-order valence-corrected chi connectivity index (χ1v) is 19.2. The number of fused-ring (bicyclic) bond motifs is 3. The summed E-state index contributed by atoms with van der Waals surface area (Å²) in [5, 5.41) is 21.3. The highest BCUT2D eigenvalue weighted by molar-refractivity contribution is 6.23. The summed E-state index contributed by atoms with van der Waals surface area (Å²) in [5.41, 5.74) is 8.10. The van der Waals surface area contributed by atoms with Crippen LogP contribution in [0.2, 0.25) is 0 Å². The zero-order valence-corrected chi connectivity index (χ0v) is 31.2. The van der Waals surface area contributed by atoms with E-state index in [9.17, 15) is 24.6 Å². The Kier molecular flexibility index (Phi) is 11.2. The quantitative estimate of drug-likeness (QED) is 0.134. The van der Waals surface area contributed by atoms with Gasteiger partial charge in [-0.1, -0.05) is 92.2 Å². The average molecular weight is 752 g/mol. The van der Waals surface area contributed by atoms with E-state index >= 15 is 4.79 Å². The monoisotopic (exact) mass is 751 g/mol. The van der Waals surface area contributed by atoms with E-state index in [2.05, 4.69) is 6.92 Å². The van der Waals surface area contributed by atoms with E-state index in [0.717, 1.165) is 34.4 Å². The van der Waals surface area contributed by atoms with E-state index in [1.54, 1.807) is 18.2 Å². The first kappa shape index (κ1) is 38.4. The number of carbonyl (C=O) groups is 4. The molecule has 2 unspecified atom stereocenters. The smallest absolute Gasteiger partial charge is 0.421 e. The van der Waals surface area contributed by atoms with Crippen molar-refractivity contribution in [2.45, 2.75) is 81.2 Å². The lowest BCUT2D eigenvalue weighted by Gasteiger charge is -2.48. The molecule has 8 atom stereocenters. The van der Waals surface area contributed by atoms with Crippen molar-refractivity contribution >= 4 is 29.6 Å². The van der Waals surface area contributed by atoms with Crippen molar-refractivity contribution in [3.05, 3.63) is 113 Å².